The first-order valence-electron chi connectivity index (χ1n) is 6.71. The predicted molar refractivity (Wildman–Crippen MR) is 84.5 cm³/mol. The molecule has 6 nitrogen and oxygen atoms in total. The SMILES string of the molecule is CCc1cccc(C)c1NS(=O)(=O)c1ccccc1[N+](=O)[O-]. The number of nitro groups is 1. The van der Waals surface area contributed by atoms with Crippen LogP contribution in [0.15, 0.2) is 47.4 Å². The summed E-state index contributed by atoms with van der Waals surface area (Å²) >= 11 is 0. The number of para-hydroxylation sites is 2. The van der Waals surface area contributed by atoms with Gasteiger partial charge in [-0.3, -0.25) is 14.8 Å². The van der Waals surface area contributed by atoms with Crippen molar-refractivity contribution >= 4 is 21.4 Å². The van der Waals surface area contributed by atoms with Gasteiger partial charge in [0.15, 0.2) is 4.90 Å². The molecule has 0 bridgehead atoms. The molecule has 2 aromatic rings. The highest BCUT2D eigenvalue weighted by molar-refractivity contribution is 7.92. The Morgan fingerprint density at radius 2 is 1.82 bits per heavy atom. The summed E-state index contributed by atoms with van der Waals surface area (Å²) < 4.78 is 27.5. The molecule has 0 spiro atoms. The molecule has 0 atom stereocenters. The highest BCUT2D eigenvalue weighted by atomic mass is 32.2. The predicted octanol–water partition coefficient (Wildman–Crippen LogP) is 3.27. The van der Waals surface area contributed by atoms with Crippen molar-refractivity contribution < 1.29 is 13.3 Å². The number of nitrogens with zero attached hydrogens (tertiary/aromatic N) is 1. The molecule has 7 heteroatoms. The van der Waals surface area contributed by atoms with Crippen LogP contribution < -0.4 is 4.72 Å². The summed E-state index contributed by atoms with van der Waals surface area (Å²) in [4.78, 5) is 9.98. The van der Waals surface area contributed by atoms with Crippen molar-refractivity contribution in [2.75, 3.05) is 4.72 Å². The lowest BCUT2D eigenvalue weighted by atomic mass is 10.1. The Balaban J connectivity index is 2.53. The molecule has 2 rings (SSSR count). The van der Waals surface area contributed by atoms with E-state index in [0.717, 1.165) is 11.1 Å². The van der Waals surface area contributed by atoms with E-state index in [9.17, 15) is 18.5 Å². The molecule has 116 valence electrons. The van der Waals surface area contributed by atoms with Crippen molar-refractivity contribution in [3.63, 3.8) is 0 Å². The Morgan fingerprint density at radius 3 is 2.45 bits per heavy atom. The fraction of sp³-hybridized carbons (Fsp3) is 0.200. The van der Waals surface area contributed by atoms with E-state index < -0.39 is 20.6 Å². The number of sulfonamides is 1. The van der Waals surface area contributed by atoms with Crippen molar-refractivity contribution in [3.05, 3.63) is 63.7 Å². The largest absolute Gasteiger partial charge is 0.289 e. The van der Waals surface area contributed by atoms with Crippen LogP contribution in [0.1, 0.15) is 18.1 Å². The van der Waals surface area contributed by atoms with E-state index >= 15 is 0 Å². The minimum atomic E-state index is -4.04. The Morgan fingerprint density at radius 1 is 1.14 bits per heavy atom. The summed E-state index contributed by atoms with van der Waals surface area (Å²) in [5.74, 6) is 0. The summed E-state index contributed by atoms with van der Waals surface area (Å²) in [6.45, 7) is 3.70. The number of nitro benzene ring substituents is 1. The van der Waals surface area contributed by atoms with Gasteiger partial charge in [0.25, 0.3) is 15.7 Å². The molecule has 0 aliphatic carbocycles. The summed E-state index contributed by atoms with van der Waals surface area (Å²) in [7, 11) is -4.04. The zero-order chi connectivity index (χ0) is 16.3. The molecule has 22 heavy (non-hydrogen) atoms. The van der Waals surface area contributed by atoms with Crippen molar-refractivity contribution in [3.8, 4) is 0 Å². The van der Waals surface area contributed by atoms with Crippen LogP contribution in [-0.2, 0) is 16.4 Å². The van der Waals surface area contributed by atoms with Gasteiger partial charge >= 0.3 is 0 Å². The highest BCUT2D eigenvalue weighted by Gasteiger charge is 2.26. The van der Waals surface area contributed by atoms with Crippen LogP contribution in [0.4, 0.5) is 11.4 Å². The molecule has 0 amide bonds. The molecule has 2 aromatic carbocycles. The van der Waals surface area contributed by atoms with Gasteiger partial charge in [0, 0.05) is 6.07 Å². The maximum absolute atomic E-state index is 12.5. The monoisotopic (exact) mass is 320 g/mol. The number of hydrogen-bond donors (Lipinski definition) is 1. The van der Waals surface area contributed by atoms with Gasteiger partial charge < -0.3 is 0 Å². The van der Waals surface area contributed by atoms with Crippen molar-refractivity contribution in [1.82, 2.24) is 0 Å². The second-order valence-electron chi connectivity index (χ2n) is 4.79. The Kier molecular flexibility index (Phi) is 4.46. The first kappa shape index (κ1) is 16.0. The lowest BCUT2D eigenvalue weighted by molar-refractivity contribution is -0.387. The number of nitrogens with one attached hydrogen (secondary N) is 1. The third kappa shape index (κ3) is 3.09. The Hall–Kier alpha value is -2.41. The smallest absolute Gasteiger partial charge is 0.279 e. The fourth-order valence-corrected chi connectivity index (χ4v) is 3.54. The van der Waals surface area contributed by atoms with Gasteiger partial charge in [0.05, 0.1) is 10.6 Å². The number of rotatable bonds is 5. The van der Waals surface area contributed by atoms with Crippen molar-refractivity contribution in [2.24, 2.45) is 0 Å². The summed E-state index contributed by atoms with van der Waals surface area (Å²) in [6.07, 6.45) is 0.649. The van der Waals surface area contributed by atoms with Crippen molar-refractivity contribution in [1.29, 1.82) is 0 Å². The molecule has 0 saturated heterocycles. The average Bonchev–Trinajstić information content (AvgIpc) is 2.49. The average molecular weight is 320 g/mol. The van der Waals surface area contributed by atoms with Gasteiger partial charge in [-0.2, -0.15) is 0 Å². The maximum atomic E-state index is 12.5. The third-order valence-electron chi connectivity index (χ3n) is 3.33. The topological polar surface area (TPSA) is 89.3 Å². The lowest BCUT2D eigenvalue weighted by Crippen LogP contribution is -2.16. The number of benzene rings is 2. The van der Waals surface area contributed by atoms with Gasteiger partial charge in [0.2, 0.25) is 0 Å². The van der Waals surface area contributed by atoms with Crippen LogP contribution in [0.25, 0.3) is 0 Å². The molecular formula is C15H16N2O4S. The third-order valence-corrected chi connectivity index (χ3v) is 4.72. The molecule has 0 aromatic heterocycles. The Labute approximate surface area is 129 Å². The number of hydrogen-bond acceptors (Lipinski definition) is 4. The van der Waals surface area contributed by atoms with Crippen LogP contribution in [-0.4, -0.2) is 13.3 Å². The number of aryl methyl sites for hydroxylation is 2. The minimum Gasteiger partial charge on any atom is -0.279 e. The molecule has 0 unspecified atom stereocenters. The second kappa shape index (κ2) is 6.15. The van der Waals surface area contributed by atoms with Crippen LogP contribution >= 0.6 is 0 Å². The molecule has 0 aliphatic rings. The van der Waals surface area contributed by atoms with Crippen LogP contribution in [0.3, 0.4) is 0 Å². The Bertz CT molecular complexity index is 816. The highest BCUT2D eigenvalue weighted by Crippen LogP contribution is 2.28. The normalized spacial score (nSPS) is 11.2. The zero-order valence-electron chi connectivity index (χ0n) is 12.2. The van der Waals surface area contributed by atoms with E-state index in [1.165, 1.54) is 24.3 Å². The molecule has 1 N–H and O–H groups in total. The van der Waals surface area contributed by atoms with Crippen LogP contribution in [0.5, 0.6) is 0 Å². The minimum absolute atomic E-state index is 0.342. The van der Waals surface area contributed by atoms with Crippen molar-refractivity contribution in [2.45, 2.75) is 25.2 Å². The first-order valence-corrected chi connectivity index (χ1v) is 8.20. The standard InChI is InChI=1S/C15H16N2O4S/c1-3-12-8-6-7-11(2)15(12)16-22(20,21)14-10-5-4-9-13(14)17(18)19/h4-10,16H,3H2,1-2H3. The van der Waals surface area contributed by atoms with Crippen LogP contribution in [0.2, 0.25) is 0 Å². The van der Waals surface area contributed by atoms with Gasteiger partial charge in [-0.25, -0.2) is 8.42 Å². The summed E-state index contributed by atoms with van der Waals surface area (Å²) in [5.41, 5.74) is 1.63. The van der Waals surface area contributed by atoms with Gasteiger partial charge in [0.1, 0.15) is 0 Å². The fourth-order valence-electron chi connectivity index (χ4n) is 2.19. The maximum Gasteiger partial charge on any atom is 0.289 e. The molecule has 0 saturated carbocycles. The van der Waals surface area contributed by atoms with Gasteiger partial charge in [-0.1, -0.05) is 37.3 Å². The lowest BCUT2D eigenvalue weighted by Gasteiger charge is -2.14. The second-order valence-corrected chi connectivity index (χ2v) is 6.44. The first-order chi connectivity index (χ1) is 10.4. The van der Waals surface area contributed by atoms with E-state index in [0.29, 0.717) is 12.1 Å². The molecule has 0 radical (unpaired) electrons. The van der Waals surface area contributed by atoms with Crippen LogP contribution in [0, 0.1) is 17.0 Å². The zero-order valence-corrected chi connectivity index (χ0v) is 13.1. The van der Waals surface area contributed by atoms with Gasteiger partial charge in [-0.05, 0) is 30.5 Å². The molecule has 0 heterocycles. The van der Waals surface area contributed by atoms with Gasteiger partial charge in [-0.15, -0.1) is 0 Å². The summed E-state index contributed by atoms with van der Waals surface area (Å²) in [5, 5.41) is 11.0. The molecule has 0 aliphatic heterocycles. The number of anilines is 1. The molecular weight excluding hydrogens is 304 g/mol. The molecule has 0 fully saturated rings. The van der Waals surface area contributed by atoms with E-state index in [-0.39, 0.29) is 4.90 Å². The van der Waals surface area contributed by atoms with E-state index in [1.807, 2.05) is 19.1 Å². The van der Waals surface area contributed by atoms with E-state index in [4.69, 9.17) is 0 Å². The van der Waals surface area contributed by atoms with E-state index in [2.05, 4.69) is 4.72 Å². The quantitative estimate of drug-likeness (QED) is 0.676. The summed E-state index contributed by atoms with van der Waals surface area (Å²) in [6, 6.07) is 10.7. The van der Waals surface area contributed by atoms with E-state index in [1.54, 1.807) is 13.0 Å².